The van der Waals surface area contributed by atoms with Crippen LogP contribution in [0.15, 0.2) is 12.1 Å². The number of ether oxygens (including phenoxy) is 2. The summed E-state index contributed by atoms with van der Waals surface area (Å²) in [5.74, 6) is -0.514. The summed E-state index contributed by atoms with van der Waals surface area (Å²) < 4.78 is 9.89. The van der Waals surface area contributed by atoms with Crippen LogP contribution in [0, 0.1) is 6.92 Å². The number of aromatic nitrogens is 1. The first-order valence-electron chi connectivity index (χ1n) is 12.2. The molecule has 2 saturated heterocycles. The van der Waals surface area contributed by atoms with Gasteiger partial charge >= 0.3 is 18.1 Å². The highest BCUT2D eigenvalue weighted by molar-refractivity contribution is 5.95. The number of carbonyl (C=O) groups is 4. The fraction of sp³-hybridized carbons (Fsp3) is 0.625. The first-order valence-corrected chi connectivity index (χ1v) is 12.2. The molecule has 11 heteroatoms. The van der Waals surface area contributed by atoms with Gasteiger partial charge in [-0.2, -0.15) is 0 Å². The zero-order valence-corrected chi connectivity index (χ0v) is 20.7. The zero-order valence-electron chi connectivity index (χ0n) is 20.7. The van der Waals surface area contributed by atoms with Gasteiger partial charge in [0.2, 0.25) is 0 Å². The predicted octanol–water partition coefficient (Wildman–Crippen LogP) is 1.76. The first-order chi connectivity index (χ1) is 16.8. The Morgan fingerprint density at radius 2 is 1.54 bits per heavy atom. The highest BCUT2D eigenvalue weighted by atomic mass is 16.6. The smallest absolute Gasteiger partial charge is 0.409 e. The number of rotatable bonds is 6. The van der Waals surface area contributed by atoms with Crippen molar-refractivity contribution in [2.24, 2.45) is 0 Å². The Hall–Kier alpha value is -3.37. The van der Waals surface area contributed by atoms with Gasteiger partial charge in [-0.15, -0.1) is 0 Å². The average molecular weight is 490 g/mol. The van der Waals surface area contributed by atoms with Gasteiger partial charge in [-0.1, -0.05) is 0 Å². The number of nitrogens with one attached hydrogen (secondary N) is 1. The molecule has 2 fully saturated rings. The van der Waals surface area contributed by atoms with Crippen molar-refractivity contribution in [3.05, 3.63) is 29.1 Å². The molecule has 0 unspecified atom stereocenters. The molecule has 1 aromatic heterocycles. The van der Waals surface area contributed by atoms with E-state index >= 15 is 0 Å². The van der Waals surface area contributed by atoms with Crippen molar-refractivity contribution < 1.29 is 28.7 Å². The van der Waals surface area contributed by atoms with Gasteiger partial charge in [0.1, 0.15) is 6.54 Å². The molecule has 2 aliphatic heterocycles. The second kappa shape index (κ2) is 12.4. The highest BCUT2D eigenvalue weighted by Gasteiger charge is 2.31. The monoisotopic (exact) mass is 489 g/mol. The Balaban J connectivity index is 1.60. The molecule has 192 valence electrons. The number of amides is 4. The molecule has 3 rings (SSSR count). The van der Waals surface area contributed by atoms with Crippen LogP contribution in [-0.2, 0) is 14.3 Å². The maximum Gasteiger partial charge on any atom is 0.409 e. The van der Waals surface area contributed by atoms with Crippen molar-refractivity contribution in [2.45, 2.75) is 39.5 Å². The Kier molecular flexibility index (Phi) is 9.27. The summed E-state index contributed by atoms with van der Waals surface area (Å²) in [4.78, 5) is 59.0. The molecule has 0 aromatic carbocycles. The van der Waals surface area contributed by atoms with Crippen LogP contribution in [0.5, 0.6) is 0 Å². The lowest BCUT2D eigenvalue weighted by molar-refractivity contribution is -0.141. The molecule has 0 radical (unpaired) electrons. The number of urea groups is 1. The van der Waals surface area contributed by atoms with E-state index in [1.807, 2.05) is 19.1 Å². The molecule has 3 heterocycles. The molecule has 0 aliphatic carbocycles. The quantitative estimate of drug-likeness (QED) is 0.604. The van der Waals surface area contributed by atoms with Gasteiger partial charge in [0.05, 0.1) is 24.5 Å². The van der Waals surface area contributed by atoms with Crippen LogP contribution in [-0.4, -0.2) is 103 Å². The molecule has 1 N–H and O–H groups in total. The van der Waals surface area contributed by atoms with Gasteiger partial charge < -0.3 is 29.5 Å². The van der Waals surface area contributed by atoms with Crippen LogP contribution in [0.3, 0.4) is 0 Å². The predicted molar refractivity (Wildman–Crippen MR) is 127 cm³/mol. The van der Waals surface area contributed by atoms with Crippen molar-refractivity contribution in [3.8, 4) is 0 Å². The van der Waals surface area contributed by atoms with Crippen molar-refractivity contribution >= 4 is 24.0 Å². The van der Waals surface area contributed by atoms with E-state index in [0.717, 1.165) is 11.4 Å². The molecule has 11 nitrogen and oxygen atoms in total. The summed E-state index contributed by atoms with van der Waals surface area (Å²) in [7, 11) is 0. The van der Waals surface area contributed by atoms with Crippen LogP contribution in [0.25, 0.3) is 0 Å². The fourth-order valence-corrected chi connectivity index (χ4v) is 4.37. The number of hydrogen-bond acceptors (Lipinski definition) is 7. The maximum absolute atomic E-state index is 13.4. The number of likely N-dealkylation sites (tertiary alicyclic amines) is 1. The molecule has 35 heavy (non-hydrogen) atoms. The minimum atomic E-state index is -0.467. The van der Waals surface area contributed by atoms with E-state index in [9.17, 15) is 19.2 Å². The molecular formula is C24H35N5O6. The number of piperidine rings is 1. The Bertz CT molecular complexity index is 923. The summed E-state index contributed by atoms with van der Waals surface area (Å²) in [5.41, 5.74) is 2.16. The Morgan fingerprint density at radius 1 is 0.914 bits per heavy atom. The lowest BCUT2D eigenvalue weighted by atomic mass is 9.89. The lowest BCUT2D eigenvalue weighted by Gasteiger charge is -2.35. The molecule has 2 aliphatic rings. The van der Waals surface area contributed by atoms with E-state index in [0.29, 0.717) is 64.3 Å². The number of carbonyl (C=O) groups excluding carboxylic acids is 4. The molecule has 0 atom stereocenters. The fourth-order valence-electron chi connectivity index (χ4n) is 4.37. The lowest BCUT2D eigenvalue weighted by Crippen LogP contribution is -2.51. The van der Waals surface area contributed by atoms with Gasteiger partial charge in [-0.05, 0) is 45.7 Å². The number of hydrogen-bond donors (Lipinski definition) is 1. The number of piperazine rings is 1. The van der Waals surface area contributed by atoms with E-state index in [4.69, 9.17) is 14.5 Å². The molecule has 4 amide bonds. The summed E-state index contributed by atoms with van der Waals surface area (Å²) in [6.07, 6.45) is 0.982. The minimum Gasteiger partial charge on any atom is -0.465 e. The largest absolute Gasteiger partial charge is 0.465 e. The van der Waals surface area contributed by atoms with Gasteiger partial charge in [-0.3, -0.25) is 14.6 Å². The van der Waals surface area contributed by atoms with Crippen molar-refractivity contribution in [1.29, 1.82) is 0 Å². The SMILES string of the molecule is CCOC(=O)CNC(=O)N1CCC(c2nc(C)ccc2C(=O)N2CCN(C(=O)OCC)CC2)CC1. The average Bonchev–Trinajstić information content (AvgIpc) is 2.87. The van der Waals surface area contributed by atoms with Gasteiger partial charge in [-0.25, -0.2) is 9.59 Å². The van der Waals surface area contributed by atoms with E-state index < -0.39 is 5.97 Å². The van der Waals surface area contributed by atoms with Crippen molar-refractivity contribution in [3.63, 3.8) is 0 Å². The third-order valence-corrected chi connectivity index (χ3v) is 6.25. The summed E-state index contributed by atoms with van der Waals surface area (Å²) >= 11 is 0. The topological polar surface area (TPSA) is 121 Å². The molecule has 0 saturated carbocycles. The van der Waals surface area contributed by atoms with Gasteiger partial charge in [0.25, 0.3) is 5.91 Å². The zero-order chi connectivity index (χ0) is 25.4. The number of nitrogens with zero attached hydrogens (tertiary/aromatic N) is 4. The summed E-state index contributed by atoms with van der Waals surface area (Å²) in [5, 5.41) is 2.59. The molecule has 1 aromatic rings. The Morgan fingerprint density at radius 3 is 2.17 bits per heavy atom. The minimum absolute atomic E-state index is 0.0452. The number of esters is 1. The summed E-state index contributed by atoms with van der Waals surface area (Å²) in [6.45, 7) is 8.54. The van der Waals surface area contributed by atoms with Crippen LogP contribution >= 0.6 is 0 Å². The summed E-state index contributed by atoms with van der Waals surface area (Å²) in [6, 6.07) is 3.36. The van der Waals surface area contributed by atoms with Crippen molar-refractivity contribution in [1.82, 2.24) is 25.0 Å². The van der Waals surface area contributed by atoms with Crippen LogP contribution in [0.2, 0.25) is 0 Å². The highest BCUT2D eigenvalue weighted by Crippen LogP contribution is 2.30. The Labute approximate surface area is 205 Å². The second-order valence-corrected chi connectivity index (χ2v) is 8.59. The van der Waals surface area contributed by atoms with Crippen molar-refractivity contribution in [2.75, 3.05) is 59.0 Å². The van der Waals surface area contributed by atoms with E-state index in [-0.39, 0.29) is 37.1 Å². The van der Waals surface area contributed by atoms with Crippen LogP contribution in [0.1, 0.15) is 54.4 Å². The second-order valence-electron chi connectivity index (χ2n) is 8.59. The van der Waals surface area contributed by atoms with Gasteiger partial charge in [0.15, 0.2) is 0 Å². The third kappa shape index (κ3) is 6.83. The van der Waals surface area contributed by atoms with E-state index in [2.05, 4.69) is 5.32 Å². The van der Waals surface area contributed by atoms with E-state index in [1.165, 1.54) is 0 Å². The van der Waals surface area contributed by atoms with Crippen LogP contribution < -0.4 is 5.32 Å². The normalized spacial score (nSPS) is 16.6. The molecular weight excluding hydrogens is 454 g/mol. The van der Waals surface area contributed by atoms with E-state index in [1.54, 1.807) is 28.5 Å². The first kappa shape index (κ1) is 26.2. The van der Waals surface area contributed by atoms with Gasteiger partial charge in [0, 0.05) is 50.9 Å². The number of pyridine rings is 1. The maximum atomic E-state index is 13.4. The molecule has 0 bridgehead atoms. The standard InChI is InChI=1S/C24H35N5O6/c1-4-34-20(30)16-25-23(32)28-10-8-18(9-11-28)21-19(7-6-17(3)26-21)22(31)27-12-14-29(15-13-27)24(33)35-5-2/h6-7,18H,4-5,8-16H2,1-3H3,(H,25,32). The number of aryl methyl sites for hydroxylation is 1. The van der Waals surface area contributed by atoms with Crippen LogP contribution in [0.4, 0.5) is 9.59 Å². The third-order valence-electron chi connectivity index (χ3n) is 6.25. The molecule has 0 spiro atoms.